The maximum atomic E-state index is 13.3. The summed E-state index contributed by atoms with van der Waals surface area (Å²) in [7, 11) is 0. The predicted octanol–water partition coefficient (Wildman–Crippen LogP) is 5.39. The average molecular weight is 440 g/mol. The number of allylic oxidation sites excluding steroid dienone is 1. The Morgan fingerprint density at radius 3 is 2.07 bits per heavy atom. The number of likely N-dealkylation sites (tertiary alicyclic amines) is 1. The van der Waals surface area contributed by atoms with Crippen LogP contribution >= 0.6 is 11.8 Å². The van der Waals surface area contributed by atoms with Gasteiger partial charge in [0, 0.05) is 11.8 Å². The second kappa shape index (κ2) is 9.46. The van der Waals surface area contributed by atoms with Gasteiger partial charge in [-0.3, -0.25) is 19.3 Å². The molecule has 2 unspecified atom stereocenters. The third-order valence-electron chi connectivity index (χ3n) is 6.35. The zero-order valence-electron chi connectivity index (χ0n) is 20.5. The number of carbonyl (C=O) groups excluding carboxylic acids is 3. The van der Waals surface area contributed by atoms with Crippen molar-refractivity contribution in [2.75, 3.05) is 12.0 Å². The first kappa shape index (κ1) is 26.7. The summed E-state index contributed by atoms with van der Waals surface area (Å²) in [5, 5.41) is 11.0. The second-order valence-electron chi connectivity index (χ2n) is 11.4. The van der Waals surface area contributed by atoms with Crippen LogP contribution in [0.1, 0.15) is 81.6 Å². The van der Waals surface area contributed by atoms with Crippen molar-refractivity contribution in [2.24, 2.45) is 22.2 Å². The van der Waals surface area contributed by atoms with Gasteiger partial charge in [0.2, 0.25) is 5.91 Å². The van der Waals surface area contributed by atoms with Gasteiger partial charge in [-0.2, -0.15) is 11.8 Å². The van der Waals surface area contributed by atoms with Crippen LogP contribution in [0.25, 0.3) is 0 Å². The fourth-order valence-corrected chi connectivity index (χ4v) is 4.29. The van der Waals surface area contributed by atoms with Crippen molar-refractivity contribution in [3.8, 4) is 0 Å². The van der Waals surface area contributed by atoms with Crippen molar-refractivity contribution in [3.63, 3.8) is 0 Å². The van der Waals surface area contributed by atoms with E-state index in [1.54, 1.807) is 11.8 Å². The number of aliphatic hydroxyl groups excluding tert-OH is 1. The number of Topliss-reactive ketones (excluding diaryl/α,β-unsaturated/α-hetero) is 1. The Bertz CT molecular complexity index is 710. The first-order valence-electron chi connectivity index (χ1n) is 10.8. The monoisotopic (exact) mass is 439 g/mol. The van der Waals surface area contributed by atoms with Crippen LogP contribution in [-0.4, -0.2) is 45.7 Å². The maximum absolute atomic E-state index is 13.3. The number of rotatable bonds is 7. The minimum atomic E-state index is -0.827. The Kier molecular flexibility index (Phi) is 8.43. The molecule has 0 aliphatic carbocycles. The molecular formula is C24H41NO4S. The third-order valence-corrected chi connectivity index (χ3v) is 6.99. The molecule has 0 bridgehead atoms. The Morgan fingerprint density at radius 1 is 1.10 bits per heavy atom. The molecule has 172 valence electrons. The Morgan fingerprint density at radius 2 is 1.63 bits per heavy atom. The van der Waals surface area contributed by atoms with E-state index in [0.717, 1.165) is 11.3 Å². The van der Waals surface area contributed by atoms with Crippen LogP contribution in [0.3, 0.4) is 0 Å². The minimum Gasteiger partial charge on any atom is -0.511 e. The first-order valence-corrected chi connectivity index (χ1v) is 12.2. The van der Waals surface area contributed by atoms with Gasteiger partial charge in [-0.25, -0.2) is 0 Å². The smallest absolute Gasteiger partial charge is 0.268 e. The van der Waals surface area contributed by atoms with E-state index in [0.29, 0.717) is 12.2 Å². The van der Waals surface area contributed by atoms with E-state index in [-0.39, 0.29) is 40.4 Å². The van der Waals surface area contributed by atoms with Crippen LogP contribution in [0, 0.1) is 22.2 Å². The van der Waals surface area contributed by atoms with Crippen LogP contribution in [0.2, 0.25) is 0 Å². The highest BCUT2D eigenvalue weighted by atomic mass is 32.2. The first-order chi connectivity index (χ1) is 13.5. The molecule has 0 aromatic rings. The zero-order chi connectivity index (χ0) is 23.7. The summed E-state index contributed by atoms with van der Waals surface area (Å²) >= 11 is 1.57. The topological polar surface area (TPSA) is 74.7 Å². The molecule has 1 aliphatic heterocycles. The number of amides is 2. The molecule has 2 amide bonds. The standard InChI is InChI=1S/C24H41NO4S/c1-15(14-22(2,3)4)13-17(26)25-16(11-12-30-10)19(27)18(21(25)29)20(28)24(8,9)23(5,6)7/h15-16,28H,11-14H2,1-10H3/b20-18-. The molecule has 0 radical (unpaired) electrons. The number of ketones is 1. The van der Waals surface area contributed by atoms with E-state index in [9.17, 15) is 19.5 Å². The molecule has 0 aromatic heterocycles. The SMILES string of the molecule is CSCCC1C(=O)/C(=C(/O)C(C)(C)C(C)(C)C)C(=O)N1C(=O)CC(C)CC(C)(C)C. The number of imide groups is 1. The van der Waals surface area contributed by atoms with Crippen molar-refractivity contribution >= 4 is 29.4 Å². The van der Waals surface area contributed by atoms with Crippen molar-refractivity contribution < 1.29 is 19.5 Å². The number of nitrogens with zero attached hydrogens (tertiary/aromatic N) is 1. The van der Waals surface area contributed by atoms with E-state index < -0.39 is 23.1 Å². The molecule has 1 fully saturated rings. The van der Waals surface area contributed by atoms with Gasteiger partial charge < -0.3 is 5.11 Å². The lowest BCUT2D eigenvalue weighted by atomic mass is 9.67. The van der Waals surface area contributed by atoms with Crippen LogP contribution in [-0.2, 0) is 14.4 Å². The summed E-state index contributed by atoms with van der Waals surface area (Å²) in [5.41, 5.74) is -1.31. The molecule has 0 saturated carbocycles. The van der Waals surface area contributed by atoms with E-state index in [4.69, 9.17) is 0 Å². The summed E-state index contributed by atoms with van der Waals surface area (Å²) in [6.45, 7) is 17.9. The Balaban J connectivity index is 3.35. The highest BCUT2D eigenvalue weighted by Crippen LogP contribution is 2.45. The van der Waals surface area contributed by atoms with E-state index in [2.05, 4.69) is 20.8 Å². The molecule has 1 saturated heterocycles. The van der Waals surface area contributed by atoms with E-state index >= 15 is 0 Å². The normalized spacial score (nSPS) is 21.3. The average Bonchev–Trinajstić information content (AvgIpc) is 2.79. The van der Waals surface area contributed by atoms with Gasteiger partial charge in [0.1, 0.15) is 17.4 Å². The summed E-state index contributed by atoms with van der Waals surface area (Å²) in [4.78, 5) is 40.8. The molecule has 1 heterocycles. The third kappa shape index (κ3) is 5.89. The van der Waals surface area contributed by atoms with Crippen LogP contribution in [0.4, 0.5) is 0 Å². The molecule has 5 nitrogen and oxygen atoms in total. The van der Waals surface area contributed by atoms with Gasteiger partial charge in [0.05, 0.1) is 0 Å². The molecule has 30 heavy (non-hydrogen) atoms. The molecule has 2 atom stereocenters. The summed E-state index contributed by atoms with van der Waals surface area (Å²) in [5.74, 6) is -0.865. The van der Waals surface area contributed by atoms with Gasteiger partial charge in [0.15, 0.2) is 5.78 Å². The van der Waals surface area contributed by atoms with Crippen molar-refractivity contribution in [2.45, 2.75) is 87.6 Å². The zero-order valence-corrected chi connectivity index (χ0v) is 21.3. The summed E-state index contributed by atoms with van der Waals surface area (Å²) in [6, 6.07) is -0.827. The van der Waals surface area contributed by atoms with E-state index in [1.165, 1.54) is 0 Å². The van der Waals surface area contributed by atoms with Crippen molar-refractivity contribution in [3.05, 3.63) is 11.3 Å². The molecule has 1 N–H and O–H groups in total. The lowest BCUT2D eigenvalue weighted by Crippen LogP contribution is -2.41. The predicted molar refractivity (Wildman–Crippen MR) is 124 cm³/mol. The van der Waals surface area contributed by atoms with Gasteiger partial charge in [0.25, 0.3) is 5.91 Å². The highest BCUT2D eigenvalue weighted by molar-refractivity contribution is 7.98. The molecule has 1 aliphatic rings. The van der Waals surface area contributed by atoms with Gasteiger partial charge in [-0.15, -0.1) is 0 Å². The molecule has 0 spiro atoms. The number of aliphatic hydroxyl groups is 1. The molecule has 1 rings (SSSR count). The molecule has 0 aromatic carbocycles. The van der Waals surface area contributed by atoms with Gasteiger partial charge in [-0.1, -0.05) is 62.3 Å². The van der Waals surface area contributed by atoms with Gasteiger partial charge >= 0.3 is 0 Å². The number of thioether (sulfide) groups is 1. The molecule has 6 heteroatoms. The van der Waals surface area contributed by atoms with Gasteiger partial charge in [-0.05, 0) is 41.6 Å². The fourth-order valence-electron chi connectivity index (χ4n) is 3.83. The summed E-state index contributed by atoms with van der Waals surface area (Å²) < 4.78 is 0. The van der Waals surface area contributed by atoms with Crippen LogP contribution in [0.5, 0.6) is 0 Å². The number of carbonyl (C=O) groups is 3. The lowest BCUT2D eigenvalue weighted by molar-refractivity contribution is -0.144. The summed E-state index contributed by atoms with van der Waals surface area (Å²) in [6.07, 6.45) is 3.38. The minimum absolute atomic E-state index is 0.0723. The second-order valence-corrected chi connectivity index (χ2v) is 12.4. The molecular weight excluding hydrogens is 398 g/mol. The van der Waals surface area contributed by atoms with Crippen LogP contribution < -0.4 is 0 Å². The Hall–Kier alpha value is -1.30. The number of hydrogen-bond acceptors (Lipinski definition) is 5. The van der Waals surface area contributed by atoms with Crippen molar-refractivity contribution in [1.29, 1.82) is 0 Å². The quantitative estimate of drug-likeness (QED) is 0.327. The Labute approximate surface area is 187 Å². The fraction of sp³-hybridized carbons (Fsp3) is 0.792. The van der Waals surface area contributed by atoms with E-state index in [1.807, 2.05) is 47.8 Å². The number of hydrogen-bond donors (Lipinski definition) is 1. The maximum Gasteiger partial charge on any atom is 0.268 e. The van der Waals surface area contributed by atoms with Crippen LogP contribution in [0.15, 0.2) is 11.3 Å². The highest BCUT2D eigenvalue weighted by Gasteiger charge is 2.51. The lowest BCUT2D eigenvalue weighted by Gasteiger charge is -2.38. The largest absolute Gasteiger partial charge is 0.511 e. The van der Waals surface area contributed by atoms with Crippen molar-refractivity contribution in [1.82, 2.24) is 4.90 Å².